The largest absolute Gasteiger partial charge is 0.340 e. The number of rotatable bonds is 3. The van der Waals surface area contributed by atoms with E-state index in [1.54, 1.807) is 11.8 Å². The molecule has 1 saturated heterocycles. The molecule has 0 spiro atoms. The van der Waals surface area contributed by atoms with E-state index in [4.69, 9.17) is 0 Å². The number of amides is 2. The van der Waals surface area contributed by atoms with Gasteiger partial charge in [0.05, 0.1) is 0 Å². The zero-order valence-corrected chi connectivity index (χ0v) is 11.8. The molecule has 2 unspecified atom stereocenters. The first-order valence-electron chi connectivity index (χ1n) is 6.37. The lowest BCUT2D eigenvalue weighted by Gasteiger charge is -2.51. The second-order valence-electron chi connectivity index (χ2n) is 5.63. The summed E-state index contributed by atoms with van der Waals surface area (Å²) >= 11 is 0. The number of piperazine rings is 1. The van der Waals surface area contributed by atoms with Gasteiger partial charge in [-0.15, -0.1) is 0 Å². The first-order chi connectivity index (χ1) is 7.70. The molecule has 1 aliphatic rings. The van der Waals surface area contributed by atoms with Crippen molar-refractivity contribution in [1.82, 2.24) is 10.2 Å². The molecule has 4 nitrogen and oxygen atoms in total. The fourth-order valence-electron chi connectivity index (χ4n) is 2.26. The lowest BCUT2D eigenvalue weighted by Crippen LogP contribution is -2.74. The molecule has 1 heterocycles. The van der Waals surface area contributed by atoms with Gasteiger partial charge in [0, 0.05) is 6.04 Å². The van der Waals surface area contributed by atoms with Crippen LogP contribution in [0.1, 0.15) is 54.4 Å². The van der Waals surface area contributed by atoms with E-state index in [0.29, 0.717) is 6.42 Å². The molecule has 2 amide bonds. The molecule has 0 aromatic carbocycles. The van der Waals surface area contributed by atoms with Gasteiger partial charge in [-0.05, 0) is 40.5 Å². The van der Waals surface area contributed by atoms with Crippen molar-refractivity contribution in [2.45, 2.75) is 71.5 Å². The number of hydrogen-bond acceptors (Lipinski definition) is 2. The summed E-state index contributed by atoms with van der Waals surface area (Å²) in [6.07, 6.45) is 1.46. The maximum atomic E-state index is 12.6. The third-order valence-corrected chi connectivity index (χ3v) is 3.98. The van der Waals surface area contributed by atoms with Crippen LogP contribution in [0.5, 0.6) is 0 Å². The van der Waals surface area contributed by atoms with E-state index < -0.39 is 11.1 Å². The van der Waals surface area contributed by atoms with Crippen molar-refractivity contribution in [2.24, 2.45) is 0 Å². The molecule has 1 aliphatic heterocycles. The van der Waals surface area contributed by atoms with Crippen molar-refractivity contribution < 1.29 is 9.59 Å². The summed E-state index contributed by atoms with van der Waals surface area (Å²) in [4.78, 5) is 26.5. The number of hydrogen-bond donors (Lipinski definition) is 1. The zero-order valence-electron chi connectivity index (χ0n) is 11.8. The SMILES string of the molecule is CCC(C)N1C(=O)C(C)(CC)NC(=O)C1(C)C. The molecule has 17 heavy (non-hydrogen) atoms. The molecule has 0 radical (unpaired) electrons. The molecule has 2 atom stereocenters. The van der Waals surface area contributed by atoms with E-state index in [-0.39, 0.29) is 17.9 Å². The molecule has 1 rings (SSSR count). The molecule has 0 aliphatic carbocycles. The Kier molecular flexibility index (Phi) is 3.55. The molecule has 98 valence electrons. The maximum absolute atomic E-state index is 12.6. The quantitative estimate of drug-likeness (QED) is 0.816. The first-order valence-corrected chi connectivity index (χ1v) is 6.37. The summed E-state index contributed by atoms with van der Waals surface area (Å²) in [6, 6.07) is 0.0782. The van der Waals surface area contributed by atoms with E-state index in [1.165, 1.54) is 0 Å². The summed E-state index contributed by atoms with van der Waals surface area (Å²) in [5, 5.41) is 2.86. The molecule has 0 saturated carbocycles. The van der Waals surface area contributed by atoms with Gasteiger partial charge in [0.2, 0.25) is 11.8 Å². The lowest BCUT2D eigenvalue weighted by molar-refractivity contribution is -0.163. The first kappa shape index (κ1) is 14.0. The number of carbonyl (C=O) groups is 2. The van der Waals surface area contributed by atoms with Crippen LogP contribution in [0.15, 0.2) is 0 Å². The Bertz CT molecular complexity index is 338. The van der Waals surface area contributed by atoms with Crippen molar-refractivity contribution in [1.29, 1.82) is 0 Å². The molecule has 1 N–H and O–H groups in total. The van der Waals surface area contributed by atoms with Gasteiger partial charge < -0.3 is 10.2 Å². The minimum Gasteiger partial charge on any atom is -0.340 e. The van der Waals surface area contributed by atoms with Gasteiger partial charge >= 0.3 is 0 Å². The van der Waals surface area contributed by atoms with E-state index in [0.717, 1.165) is 6.42 Å². The highest BCUT2D eigenvalue weighted by Crippen LogP contribution is 2.30. The van der Waals surface area contributed by atoms with Crippen molar-refractivity contribution in [3.63, 3.8) is 0 Å². The Balaban J connectivity index is 3.20. The highest BCUT2D eigenvalue weighted by atomic mass is 16.2. The van der Waals surface area contributed by atoms with E-state index in [1.807, 2.05) is 34.6 Å². The van der Waals surface area contributed by atoms with E-state index in [2.05, 4.69) is 5.32 Å². The van der Waals surface area contributed by atoms with Crippen LogP contribution >= 0.6 is 0 Å². The van der Waals surface area contributed by atoms with Crippen molar-refractivity contribution >= 4 is 11.8 Å². The predicted octanol–water partition coefficient (Wildman–Crippen LogP) is 1.69. The van der Waals surface area contributed by atoms with Gasteiger partial charge in [-0.25, -0.2) is 0 Å². The zero-order chi connectivity index (χ0) is 13.4. The Labute approximate surface area is 104 Å². The standard InChI is InChI=1S/C13H24N2O2/c1-7-9(3)15-11(17)13(6,8-2)14-10(16)12(15,4)5/h9H,7-8H2,1-6H3,(H,14,16). The third-order valence-electron chi connectivity index (χ3n) is 3.98. The molecule has 0 bridgehead atoms. The fraction of sp³-hybridized carbons (Fsp3) is 0.846. The molecule has 1 fully saturated rings. The predicted molar refractivity (Wildman–Crippen MR) is 67.5 cm³/mol. The van der Waals surface area contributed by atoms with Crippen LogP contribution in [0.25, 0.3) is 0 Å². The van der Waals surface area contributed by atoms with Gasteiger partial charge in [0.1, 0.15) is 11.1 Å². The monoisotopic (exact) mass is 240 g/mol. The topological polar surface area (TPSA) is 49.4 Å². The Hall–Kier alpha value is -1.06. The molecule has 0 aromatic rings. The smallest absolute Gasteiger partial charge is 0.249 e. The van der Waals surface area contributed by atoms with E-state index >= 15 is 0 Å². The van der Waals surface area contributed by atoms with Crippen LogP contribution in [0.4, 0.5) is 0 Å². The van der Waals surface area contributed by atoms with E-state index in [9.17, 15) is 9.59 Å². The Morgan fingerprint density at radius 1 is 1.24 bits per heavy atom. The van der Waals surface area contributed by atoms with Crippen LogP contribution in [0.3, 0.4) is 0 Å². The second-order valence-corrected chi connectivity index (χ2v) is 5.63. The summed E-state index contributed by atoms with van der Waals surface area (Å²) < 4.78 is 0. The van der Waals surface area contributed by atoms with Gasteiger partial charge in [-0.3, -0.25) is 9.59 Å². The summed E-state index contributed by atoms with van der Waals surface area (Å²) in [6.45, 7) is 11.4. The molecule has 0 aromatic heterocycles. The average molecular weight is 240 g/mol. The normalized spacial score (nSPS) is 30.1. The molecular formula is C13H24N2O2. The average Bonchev–Trinajstić information content (AvgIpc) is 2.26. The van der Waals surface area contributed by atoms with Crippen LogP contribution < -0.4 is 5.32 Å². The van der Waals surface area contributed by atoms with Crippen molar-refractivity contribution in [2.75, 3.05) is 0 Å². The van der Waals surface area contributed by atoms with Gasteiger partial charge in [0.15, 0.2) is 0 Å². The second kappa shape index (κ2) is 4.31. The Morgan fingerprint density at radius 3 is 2.18 bits per heavy atom. The van der Waals surface area contributed by atoms with Crippen LogP contribution in [-0.2, 0) is 9.59 Å². The van der Waals surface area contributed by atoms with Crippen LogP contribution in [-0.4, -0.2) is 33.8 Å². The summed E-state index contributed by atoms with van der Waals surface area (Å²) in [7, 11) is 0. The van der Waals surface area contributed by atoms with Crippen molar-refractivity contribution in [3.8, 4) is 0 Å². The maximum Gasteiger partial charge on any atom is 0.249 e. The molecular weight excluding hydrogens is 216 g/mol. The lowest BCUT2D eigenvalue weighted by atomic mass is 9.85. The van der Waals surface area contributed by atoms with Crippen LogP contribution in [0.2, 0.25) is 0 Å². The van der Waals surface area contributed by atoms with Gasteiger partial charge in [0.25, 0.3) is 0 Å². The minimum atomic E-state index is -0.763. The third kappa shape index (κ3) is 2.05. The van der Waals surface area contributed by atoms with Crippen molar-refractivity contribution in [3.05, 3.63) is 0 Å². The van der Waals surface area contributed by atoms with Gasteiger partial charge in [-0.2, -0.15) is 0 Å². The minimum absolute atomic E-state index is 0.0268. The summed E-state index contributed by atoms with van der Waals surface area (Å²) in [5.41, 5.74) is -1.52. The highest BCUT2D eigenvalue weighted by molar-refractivity contribution is 6.01. The number of nitrogens with one attached hydrogen (secondary N) is 1. The summed E-state index contributed by atoms with van der Waals surface area (Å²) in [5.74, 6) is -0.0410. The fourth-order valence-corrected chi connectivity index (χ4v) is 2.26. The number of carbonyl (C=O) groups excluding carboxylic acids is 2. The van der Waals surface area contributed by atoms with Gasteiger partial charge in [-0.1, -0.05) is 13.8 Å². The Morgan fingerprint density at radius 2 is 1.76 bits per heavy atom. The number of nitrogens with zero attached hydrogens (tertiary/aromatic N) is 1. The highest BCUT2D eigenvalue weighted by Gasteiger charge is 2.52. The van der Waals surface area contributed by atoms with Crippen LogP contribution in [0, 0.1) is 0 Å². The molecule has 4 heteroatoms.